The molecule has 98 valence electrons. The first kappa shape index (κ1) is 12.0. The number of nitrogens with zero attached hydrogens (tertiary/aromatic N) is 2. The molecule has 0 aromatic carbocycles. The van der Waals surface area contributed by atoms with Crippen molar-refractivity contribution in [2.75, 3.05) is 0 Å². The van der Waals surface area contributed by atoms with Crippen molar-refractivity contribution in [3.63, 3.8) is 0 Å². The molecule has 0 aliphatic rings. The lowest BCUT2D eigenvalue weighted by Gasteiger charge is -2.07. The predicted octanol–water partition coefficient (Wildman–Crippen LogP) is 3.27. The molecule has 0 bridgehead atoms. The van der Waals surface area contributed by atoms with Crippen molar-refractivity contribution in [1.29, 1.82) is 0 Å². The van der Waals surface area contributed by atoms with Crippen molar-refractivity contribution in [1.82, 2.24) is 9.38 Å². The molecule has 3 heterocycles. The number of rotatable bonds is 1. The Kier molecular flexibility index (Phi) is 2.33. The minimum Gasteiger partial charge on any atom is -0.477 e. The van der Waals surface area contributed by atoms with E-state index in [1.807, 2.05) is 0 Å². The Hall–Kier alpha value is -2.09. The zero-order valence-electron chi connectivity index (χ0n) is 9.10. The smallest absolute Gasteiger partial charge is 0.419 e. The first-order valence-corrected chi connectivity index (χ1v) is 5.90. The molecule has 0 radical (unpaired) electrons. The molecule has 0 amide bonds. The van der Waals surface area contributed by atoms with Gasteiger partial charge in [0.25, 0.3) is 0 Å². The normalized spacial score (nSPS) is 12.4. The van der Waals surface area contributed by atoms with Gasteiger partial charge in [-0.05, 0) is 18.2 Å². The minimum atomic E-state index is -4.49. The van der Waals surface area contributed by atoms with Crippen LogP contribution in [0.5, 0.6) is 0 Å². The van der Waals surface area contributed by atoms with E-state index in [9.17, 15) is 18.0 Å². The number of halogens is 3. The highest BCUT2D eigenvalue weighted by molar-refractivity contribution is 7.20. The lowest BCUT2D eigenvalue weighted by atomic mass is 10.2. The summed E-state index contributed by atoms with van der Waals surface area (Å²) >= 11 is 0.852. The zero-order valence-corrected chi connectivity index (χ0v) is 9.92. The number of thiophene rings is 1. The maximum absolute atomic E-state index is 12.8. The second kappa shape index (κ2) is 3.70. The van der Waals surface area contributed by atoms with E-state index >= 15 is 0 Å². The van der Waals surface area contributed by atoms with Crippen LogP contribution in [0.1, 0.15) is 15.2 Å². The average molecular weight is 286 g/mol. The number of aromatic nitrogens is 2. The van der Waals surface area contributed by atoms with Crippen molar-refractivity contribution in [2.24, 2.45) is 0 Å². The summed E-state index contributed by atoms with van der Waals surface area (Å²) in [5.41, 5.74) is -0.688. The number of hydrogen-bond acceptors (Lipinski definition) is 3. The van der Waals surface area contributed by atoms with Gasteiger partial charge < -0.3 is 5.11 Å². The van der Waals surface area contributed by atoms with Crippen LogP contribution in [-0.4, -0.2) is 20.5 Å². The molecule has 1 N–H and O–H groups in total. The molecule has 0 aliphatic carbocycles. The Morgan fingerprint density at radius 1 is 1.42 bits per heavy atom. The van der Waals surface area contributed by atoms with Gasteiger partial charge in [-0.2, -0.15) is 13.2 Å². The Labute approximate surface area is 107 Å². The van der Waals surface area contributed by atoms with Gasteiger partial charge in [-0.1, -0.05) is 0 Å². The third-order valence-electron chi connectivity index (χ3n) is 2.64. The Morgan fingerprint density at radius 3 is 2.79 bits per heavy atom. The number of pyridine rings is 1. The predicted molar refractivity (Wildman–Crippen MR) is 62.5 cm³/mol. The summed E-state index contributed by atoms with van der Waals surface area (Å²) in [6.45, 7) is 0. The summed E-state index contributed by atoms with van der Waals surface area (Å²) in [4.78, 5) is 15.0. The molecule has 19 heavy (non-hydrogen) atoms. The summed E-state index contributed by atoms with van der Waals surface area (Å²) in [5.74, 6) is -1.12. The van der Waals surface area contributed by atoms with Crippen LogP contribution in [0.2, 0.25) is 0 Å². The standard InChI is InChI=1S/C11H5F3N2O2S/c12-11(13,14)5-2-1-3-16-6-4-7(10(17)18)19-9(6)15-8(5)16/h1-4H,(H,17,18). The lowest BCUT2D eigenvalue weighted by molar-refractivity contribution is -0.136. The zero-order chi connectivity index (χ0) is 13.8. The minimum absolute atomic E-state index is 0.0457. The summed E-state index contributed by atoms with van der Waals surface area (Å²) in [5, 5.41) is 8.85. The third-order valence-corrected chi connectivity index (χ3v) is 3.65. The molecule has 0 fully saturated rings. The Balaban J connectivity index is 2.36. The molecule has 0 saturated carbocycles. The first-order valence-electron chi connectivity index (χ1n) is 5.09. The Morgan fingerprint density at radius 2 is 2.16 bits per heavy atom. The summed E-state index contributed by atoms with van der Waals surface area (Å²) < 4.78 is 39.7. The number of carboxylic acids is 1. The van der Waals surface area contributed by atoms with Crippen LogP contribution in [0.4, 0.5) is 13.2 Å². The molecular formula is C11H5F3N2O2S. The molecule has 3 rings (SSSR count). The molecule has 3 aromatic rings. The fraction of sp³-hybridized carbons (Fsp3) is 0.0909. The maximum atomic E-state index is 12.8. The van der Waals surface area contributed by atoms with Gasteiger partial charge in [-0.25, -0.2) is 9.78 Å². The van der Waals surface area contributed by atoms with Crippen molar-refractivity contribution in [2.45, 2.75) is 6.18 Å². The van der Waals surface area contributed by atoms with Crippen LogP contribution in [0.3, 0.4) is 0 Å². The van der Waals surface area contributed by atoms with Crippen LogP contribution >= 0.6 is 11.3 Å². The maximum Gasteiger partial charge on any atom is 0.419 e. The van der Waals surface area contributed by atoms with Gasteiger partial charge in [0.05, 0.1) is 11.1 Å². The van der Waals surface area contributed by atoms with Crippen molar-refractivity contribution in [3.05, 3.63) is 34.8 Å². The van der Waals surface area contributed by atoms with Crippen molar-refractivity contribution < 1.29 is 23.1 Å². The van der Waals surface area contributed by atoms with E-state index in [0.29, 0.717) is 5.52 Å². The average Bonchev–Trinajstić information content (AvgIpc) is 2.83. The van der Waals surface area contributed by atoms with E-state index in [2.05, 4.69) is 4.98 Å². The first-order chi connectivity index (χ1) is 8.88. The lowest BCUT2D eigenvalue weighted by Crippen LogP contribution is -2.07. The van der Waals surface area contributed by atoms with Gasteiger partial charge in [0.2, 0.25) is 0 Å². The van der Waals surface area contributed by atoms with Gasteiger partial charge in [0.15, 0.2) is 5.65 Å². The van der Waals surface area contributed by atoms with Crippen LogP contribution in [0.25, 0.3) is 16.0 Å². The van der Waals surface area contributed by atoms with Gasteiger partial charge in [0, 0.05) is 6.20 Å². The fourth-order valence-corrected chi connectivity index (χ4v) is 2.72. The van der Waals surface area contributed by atoms with Crippen LogP contribution in [0, 0.1) is 0 Å². The van der Waals surface area contributed by atoms with E-state index in [-0.39, 0.29) is 15.4 Å². The van der Waals surface area contributed by atoms with E-state index in [0.717, 1.165) is 17.4 Å². The highest BCUT2D eigenvalue weighted by atomic mass is 32.1. The molecule has 8 heteroatoms. The quantitative estimate of drug-likeness (QED) is 0.747. The molecule has 0 aliphatic heterocycles. The number of alkyl halides is 3. The molecule has 4 nitrogen and oxygen atoms in total. The molecule has 0 spiro atoms. The number of fused-ring (bicyclic) bond motifs is 3. The van der Waals surface area contributed by atoms with Crippen LogP contribution in [0.15, 0.2) is 24.4 Å². The molecule has 3 aromatic heterocycles. The van der Waals surface area contributed by atoms with Gasteiger partial charge in [-0.3, -0.25) is 4.40 Å². The van der Waals surface area contributed by atoms with Crippen molar-refractivity contribution >= 4 is 33.3 Å². The molecule has 0 atom stereocenters. The van der Waals surface area contributed by atoms with Crippen LogP contribution in [-0.2, 0) is 6.18 Å². The summed E-state index contributed by atoms with van der Waals surface area (Å²) in [7, 11) is 0. The monoisotopic (exact) mass is 286 g/mol. The second-order valence-corrected chi connectivity index (χ2v) is 4.86. The number of imidazole rings is 1. The fourth-order valence-electron chi connectivity index (χ4n) is 1.86. The highest BCUT2D eigenvalue weighted by Gasteiger charge is 2.34. The molecule has 0 unspecified atom stereocenters. The van der Waals surface area contributed by atoms with E-state index < -0.39 is 17.7 Å². The molecule has 0 saturated heterocycles. The largest absolute Gasteiger partial charge is 0.477 e. The van der Waals surface area contributed by atoms with Crippen LogP contribution < -0.4 is 0 Å². The van der Waals surface area contributed by atoms with Gasteiger partial charge >= 0.3 is 12.1 Å². The number of carbonyl (C=O) groups is 1. The summed E-state index contributed by atoms with van der Waals surface area (Å²) in [6.07, 6.45) is -3.07. The summed E-state index contributed by atoms with van der Waals surface area (Å²) in [6, 6.07) is 3.53. The van der Waals surface area contributed by atoms with Gasteiger partial charge in [0.1, 0.15) is 9.71 Å². The number of carboxylic acid groups (broad SMARTS) is 1. The van der Waals surface area contributed by atoms with E-state index in [1.165, 1.54) is 22.7 Å². The highest BCUT2D eigenvalue weighted by Crippen LogP contribution is 2.35. The van der Waals surface area contributed by atoms with E-state index in [4.69, 9.17) is 5.11 Å². The SMILES string of the molecule is O=C(O)c1cc2c(nc3c(C(F)(F)F)cccn32)s1. The Bertz CT molecular complexity index is 803. The van der Waals surface area contributed by atoms with E-state index in [1.54, 1.807) is 0 Å². The van der Waals surface area contributed by atoms with Crippen molar-refractivity contribution in [3.8, 4) is 0 Å². The number of aromatic carboxylic acids is 1. The second-order valence-electron chi connectivity index (χ2n) is 3.83. The third kappa shape index (κ3) is 1.75. The topological polar surface area (TPSA) is 54.6 Å². The number of hydrogen-bond donors (Lipinski definition) is 1. The molecular weight excluding hydrogens is 281 g/mol. The van der Waals surface area contributed by atoms with Gasteiger partial charge in [-0.15, -0.1) is 11.3 Å².